The van der Waals surface area contributed by atoms with Gasteiger partial charge in [-0.25, -0.2) is 0 Å². The van der Waals surface area contributed by atoms with Crippen molar-refractivity contribution in [3.05, 3.63) is 95.9 Å². The number of hydrogen-bond acceptors (Lipinski definition) is 0. The summed E-state index contributed by atoms with van der Waals surface area (Å²) in [6.07, 6.45) is 9.07. The summed E-state index contributed by atoms with van der Waals surface area (Å²) in [6.45, 7) is 6.54. The summed E-state index contributed by atoms with van der Waals surface area (Å²) in [5, 5.41) is 2.79. The van der Waals surface area contributed by atoms with E-state index in [-0.39, 0.29) is 8.41 Å². The van der Waals surface area contributed by atoms with Gasteiger partial charge in [-0.05, 0) is 52.1 Å². The summed E-state index contributed by atoms with van der Waals surface area (Å²) in [5.41, 5.74) is 2.83. The largest absolute Gasteiger partial charge is 0.0856 e. The Morgan fingerprint density at radius 1 is 0.840 bits per heavy atom. The topological polar surface area (TPSA) is 0 Å². The van der Waals surface area contributed by atoms with Gasteiger partial charge >= 0.3 is 0 Å². The summed E-state index contributed by atoms with van der Waals surface area (Å²) >= 11 is 0. The number of hydrogen-bond donors (Lipinski definition) is 0. The van der Waals surface area contributed by atoms with E-state index in [9.17, 15) is 0 Å². The molecule has 2 heteroatoms. The number of allylic oxidation sites excluding steroid dienone is 5. The van der Waals surface area contributed by atoms with E-state index in [1.54, 1.807) is 0 Å². The van der Waals surface area contributed by atoms with Crippen molar-refractivity contribution >= 4 is 26.9 Å². The first-order valence-corrected chi connectivity index (χ1v) is 9.94. The molecule has 0 aromatic heterocycles. The van der Waals surface area contributed by atoms with Gasteiger partial charge in [0, 0.05) is 8.41 Å². The van der Waals surface area contributed by atoms with Crippen molar-refractivity contribution in [3.8, 4) is 0 Å². The van der Waals surface area contributed by atoms with Gasteiger partial charge in [0.05, 0.1) is 0 Å². The van der Waals surface area contributed by atoms with E-state index >= 15 is 0 Å². The Hall–Kier alpha value is -1.85. The molecule has 2 rings (SSSR count). The molecule has 0 atom stereocenters. The van der Waals surface area contributed by atoms with E-state index in [2.05, 4.69) is 105 Å². The first kappa shape index (κ1) is 21.2. The Bertz CT molecular complexity index is 656. The van der Waals surface area contributed by atoms with Crippen LogP contribution in [0, 0.1) is 0 Å². The number of benzene rings is 2. The minimum atomic E-state index is -0.442. The minimum Gasteiger partial charge on any atom is -0.0856 e. The predicted octanol–water partition coefficient (Wildman–Crippen LogP) is 5.94. The molecule has 0 N–H and O–H groups in total. The van der Waals surface area contributed by atoms with Crippen LogP contribution in [0.1, 0.15) is 33.6 Å². The molecule has 0 fully saturated rings. The first-order chi connectivity index (χ1) is 11.7. The molecule has 0 nitrogen and oxygen atoms in total. The van der Waals surface area contributed by atoms with Crippen LogP contribution in [0.25, 0.3) is 0 Å². The van der Waals surface area contributed by atoms with Gasteiger partial charge in [0.25, 0.3) is 0 Å². The van der Waals surface area contributed by atoms with Crippen molar-refractivity contribution in [3.63, 3.8) is 0 Å². The standard InChI is InChI=1S/C23H27P.B/c1-20(2)12-10-13-21(3)14-11-19-24(22-15-6-4-7-16-22)23-17-8-5-9-18-23;/h4-9,11-12,14-19H,10,13H2,1-3H3;/b19-11+,21-14+;. The van der Waals surface area contributed by atoms with Crippen LogP contribution in [0.3, 0.4) is 0 Å². The van der Waals surface area contributed by atoms with Crippen molar-refractivity contribution in [1.82, 2.24) is 0 Å². The lowest BCUT2D eigenvalue weighted by atomic mass is 10.1. The molecule has 0 aliphatic heterocycles. The predicted molar refractivity (Wildman–Crippen MR) is 116 cm³/mol. The SMILES string of the molecule is CC(C)=CCC/C(C)=C/C=C/P(c1ccccc1)c1ccccc1.[B]. The van der Waals surface area contributed by atoms with Gasteiger partial charge < -0.3 is 0 Å². The Labute approximate surface area is 156 Å². The highest BCUT2D eigenvalue weighted by Crippen LogP contribution is 2.35. The third kappa shape index (κ3) is 7.71. The fraction of sp³-hybridized carbons (Fsp3) is 0.217. The molecule has 2 aromatic rings. The van der Waals surface area contributed by atoms with E-state index in [1.165, 1.54) is 21.8 Å². The highest BCUT2D eigenvalue weighted by atomic mass is 31.1. The minimum absolute atomic E-state index is 0. The molecular weight excluding hydrogens is 318 g/mol. The molecule has 0 amide bonds. The molecule has 0 aliphatic rings. The van der Waals surface area contributed by atoms with Crippen molar-refractivity contribution in [2.24, 2.45) is 0 Å². The van der Waals surface area contributed by atoms with Crippen LogP contribution >= 0.6 is 7.92 Å². The second-order valence-electron chi connectivity index (χ2n) is 6.22. The zero-order valence-electron chi connectivity index (χ0n) is 15.5. The summed E-state index contributed by atoms with van der Waals surface area (Å²) in [4.78, 5) is 0. The maximum atomic E-state index is 2.37. The molecular formula is C23H27BP. The molecule has 0 spiro atoms. The molecule has 2 aromatic carbocycles. The molecule has 0 unspecified atom stereocenters. The van der Waals surface area contributed by atoms with Crippen molar-refractivity contribution in [2.75, 3.05) is 0 Å². The second-order valence-corrected chi connectivity index (χ2v) is 8.29. The molecule has 25 heavy (non-hydrogen) atoms. The maximum absolute atomic E-state index is 2.37. The van der Waals surface area contributed by atoms with Gasteiger partial charge in [-0.3, -0.25) is 0 Å². The van der Waals surface area contributed by atoms with Crippen LogP contribution in [-0.2, 0) is 0 Å². The van der Waals surface area contributed by atoms with Crippen molar-refractivity contribution in [1.29, 1.82) is 0 Å². The molecule has 0 saturated carbocycles. The molecule has 127 valence electrons. The van der Waals surface area contributed by atoms with Gasteiger partial charge in [-0.1, -0.05) is 95.9 Å². The molecule has 0 aliphatic carbocycles. The monoisotopic (exact) mass is 345 g/mol. The van der Waals surface area contributed by atoms with E-state index < -0.39 is 7.92 Å². The molecule has 0 heterocycles. The highest BCUT2D eigenvalue weighted by molar-refractivity contribution is 7.75. The van der Waals surface area contributed by atoms with E-state index in [4.69, 9.17) is 0 Å². The summed E-state index contributed by atoms with van der Waals surface area (Å²) < 4.78 is 0. The normalized spacial score (nSPS) is 11.4. The zero-order valence-corrected chi connectivity index (χ0v) is 16.4. The zero-order chi connectivity index (χ0) is 17.2. The lowest BCUT2D eigenvalue weighted by molar-refractivity contribution is 0.967. The fourth-order valence-corrected chi connectivity index (χ4v) is 4.35. The third-order valence-electron chi connectivity index (χ3n) is 3.78. The summed E-state index contributed by atoms with van der Waals surface area (Å²) in [5.74, 6) is 2.37. The van der Waals surface area contributed by atoms with Crippen LogP contribution in [0.5, 0.6) is 0 Å². The average Bonchev–Trinajstić information content (AvgIpc) is 2.60. The lowest BCUT2D eigenvalue weighted by Gasteiger charge is -2.14. The van der Waals surface area contributed by atoms with Gasteiger partial charge in [-0.2, -0.15) is 0 Å². The van der Waals surface area contributed by atoms with E-state index in [0.717, 1.165) is 12.8 Å². The maximum Gasteiger partial charge on any atom is 0 e. The highest BCUT2D eigenvalue weighted by Gasteiger charge is 2.08. The third-order valence-corrected chi connectivity index (χ3v) is 5.96. The second kappa shape index (κ2) is 11.7. The Kier molecular flexibility index (Phi) is 9.89. The van der Waals surface area contributed by atoms with Gasteiger partial charge in [-0.15, -0.1) is 0 Å². The number of rotatable bonds is 7. The van der Waals surface area contributed by atoms with Crippen molar-refractivity contribution < 1.29 is 0 Å². The summed E-state index contributed by atoms with van der Waals surface area (Å²) in [6, 6.07) is 21.6. The van der Waals surface area contributed by atoms with Crippen LogP contribution in [0.4, 0.5) is 0 Å². The van der Waals surface area contributed by atoms with Crippen LogP contribution in [0.2, 0.25) is 0 Å². The Morgan fingerprint density at radius 3 is 1.84 bits per heavy atom. The van der Waals surface area contributed by atoms with Crippen LogP contribution < -0.4 is 10.6 Å². The Balaban J connectivity index is 0.00000312. The van der Waals surface area contributed by atoms with Crippen molar-refractivity contribution in [2.45, 2.75) is 33.6 Å². The summed E-state index contributed by atoms with van der Waals surface area (Å²) in [7, 11) is -0.442. The van der Waals surface area contributed by atoms with Crippen LogP contribution in [-0.4, -0.2) is 8.41 Å². The molecule has 0 bridgehead atoms. The van der Waals surface area contributed by atoms with Gasteiger partial charge in [0.2, 0.25) is 0 Å². The van der Waals surface area contributed by atoms with E-state index in [1.807, 2.05) is 0 Å². The average molecular weight is 345 g/mol. The smallest absolute Gasteiger partial charge is 0 e. The van der Waals surface area contributed by atoms with Gasteiger partial charge in [0.1, 0.15) is 0 Å². The first-order valence-electron chi connectivity index (χ1n) is 8.53. The Morgan fingerprint density at radius 2 is 1.36 bits per heavy atom. The lowest BCUT2D eigenvalue weighted by Crippen LogP contribution is -2.09. The molecule has 3 radical (unpaired) electrons. The quantitative estimate of drug-likeness (QED) is 0.252. The molecule has 0 saturated heterocycles. The van der Waals surface area contributed by atoms with E-state index in [0.29, 0.717) is 0 Å². The van der Waals surface area contributed by atoms with Gasteiger partial charge in [0.15, 0.2) is 0 Å². The fourth-order valence-electron chi connectivity index (χ4n) is 2.46. The van der Waals surface area contributed by atoms with Crippen LogP contribution in [0.15, 0.2) is 95.9 Å².